The fourth-order valence-corrected chi connectivity index (χ4v) is 5.70. The van der Waals surface area contributed by atoms with Crippen LogP contribution in [0.4, 0.5) is 4.39 Å². The molecule has 2 unspecified atom stereocenters. The molecule has 0 saturated heterocycles. The molecule has 0 amide bonds. The van der Waals surface area contributed by atoms with Crippen molar-refractivity contribution >= 4 is 5.71 Å². The zero-order chi connectivity index (χ0) is 26.8. The molecule has 4 aromatic rings. The summed E-state index contributed by atoms with van der Waals surface area (Å²) in [5, 5.41) is 7.51. The molecule has 0 spiro atoms. The van der Waals surface area contributed by atoms with Gasteiger partial charge in [0, 0.05) is 23.4 Å². The maximum absolute atomic E-state index is 14.4. The number of pyridine rings is 1. The topological polar surface area (TPSA) is 37.7 Å². The van der Waals surface area contributed by atoms with Crippen molar-refractivity contribution in [2.75, 3.05) is 0 Å². The molecular weight excluding hydrogens is 485 g/mol. The van der Waals surface area contributed by atoms with Crippen LogP contribution < -0.4 is 0 Å². The first kappa shape index (κ1) is 25.0. The lowest BCUT2D eigenvalue weighted by Gasteiger charge is -2.45. The van der Waals surface area contributed by atoms with E-state index in [1.807, 2.05) is 38.1 Å². The van der Waals surface area contributed by atoms with Gasteiger partial charge in [0.25, 0.3) is 0 Å². The Kier molecular flexibility index (Phi) is 6.67. The standard InChI is InChI=1S/C34H30FN3O/c1-24(2)39-29-18-19-31-30(23-29)33(25-20-21-36-32(35)22-25)37-38(31)34(26-12-6-3-7-13-26,27-14-8-4-9-15-27)28-16-10-5-11-17-28/h3-24,29,31H,1-2H3. The van der Waals surface area contributed by atoms with Crippen molar-refractivity contribution in [1.29, 1.82) is 0 Å². The molecule has 0 fully saturated rings. The van der Waals surface area contributed by atoms with Crippen LogP contribution in [0.5, 0.6) is 0 Å². The number of hydrazone groups is 1. The van der Waals surface area contributed by atoms with Crippen LogP contribution in [0, 0.1) is 5.95 Å². The first-order valence-corrected chi connectivity index (χ1v) is 13.3. The van der Waals surface area contributed by atoms with E-state index in [0.717, 1.165) is 28.0 Å². The monoisotopic (exact) mass is 515 g/mol. The van der Waals surface area contributed by atoms with Crippen LogP contribution in [-0.2, 0) is 10.3 Å². The Morgan fingerprint density at radius 3 is 1.87 bits per heavy atom. The lowest BCUT2D eigenvalue weighted by molar-refractivity contribution is 0.0583. The van der Waals surface area contributed by atoms with Gasteiger partial charge in [0.1, 0.15) is 5.54 Å². The number of halogens is 1. The van der Waals surface area contributed by atoms with Crippen LogP contribution in [0.3, 0.4) is 0 Å². The second-order valence-electron chi connectivity index (χ2n) is 10.1. The number of fused-ring (bicyclic) bond motifs is 1. The fourth-order valence-electron chi connectivity index (χ4n) is 5.70. The summed E-state index contributed by atoms with van der Waals surface area (Å²) < 4.78 is 20.5. The average Bonchev–Trinajstić information content (AvgIpc) is 3.34. The fraction of sp³-hybridized carbons (Fsp3) is 0.176. The highest BCUT2D eigenvalue weighted by Crippen LogP contribution is 2.48. The third-order valence-electron chi connectivity index (χ3n) is 7.24. The summed E-state index contributed by atoms with van der Waals surface area (Å²) >= 11 is 0. The van der Waals surface area contributed by atoms with E-state index in [9.17, 15) is 4.39 Å². The zero-order valence-corrected chi connectivity index (χ0v) is 22.0. The summed E-state index contributed by atoms with van der Waals surface area (Å²) in [5.74, 6) is -0.535. The van der Waals surface area contributed by atoms with Gasteiger partial charge in [0.05, 0.1) is 24.0 Å². The summed E-state index contributed by atoms with van der Waals surface area (Å²) in [7, 11) is 0. The molecule has 0 bridgehead atoms. The quantitative estimate of drug-likeness (QED) is 0.153. The molecule has 1 aliphatic carbocycles. The molecule has 0 saturated carbocycles. The molecule has 0 radical (unpaired) electrons. The largest absolute Gasteiger partial charge is 0.367 e. The molecule has 1 aliphatic heterocycles. The van der Waals surface area contributed by atoms with Crippen molar-refractivity contribution in [3.8, 4) is 0 Å². The number of hydrogen-bond acceptors (Lipinski definition) is 4. The van der Waals surface area contributed by atoms with E-state index in [2.05, 4.69) is 101 Å². The van der Waals surface area contributed by atoms with Crippen molar-refractivity contribution in [3.63, 3.8) is 0 Å². The Bertz CT molecular complexity index is 1430. The minimum atomic E-state index is -0.767. The third kappa shape index (κ3) is 4.49. The van der Waals surface area contributed by atoms with Crippen molar-refractivity contribution in [2.45, 2.75) is 37.6 Å². The van der Waals surface area contributed by atoms with Crippen molar-refractivity contribution in [3.05, 3.63) is 161 Å². The minimum absolute atomic E-state index is 0.0568. The second kappa shape index (κ2) is 10.4. The average molecular weight is 516 g/mol. The highest BCUT2D eigenvalue weighted by Gasteiger charge is 2.49. The molecule has 4 nitrogen and oxygen atoms in total. The zero-order valence-electron chi connectivity index (χ0n) is 22.0. The van der Waals surface area contributed by atoms with Gasteiger partial charge >= 0.3 is 0 Å². The Morgan fingerprint density at radius 1 is 0.795 bits per heavy atom. The number of aromatic nitrogens is 1. The molecular formula is C34H30FN3O. The summed E-state index contributed by atoms with van der Waals surface area (Å²) in [6.07, 6.45) is 7.73. The predicted molar refractivity (Wildman–Crippen MR) is 153 cm³/mol. The Labute approximate surface area is 228 Å². The van der Waals surface area contributed by atoms with Gasteiger partial charge in [-0.2, -0.15) is 9.49 Å². The molecule has 1 aromatic heterocycles. The summed E-state index contributed by atoms with van der Waals surface area (Å²) in [4.78, 5) is 3.79. The number of nitrogens with zero attached hydrogens (tertiary/aromatic N) is 3. The van der Waals surface area contributed by atoms with Crippen LogP contribution in [0.15, 0.2) is 138 Å². The molecule has 2 heterocycles. The first-order chi connectivity index (χ1) is 19.1. The van der Waals surface area contributed by atoms with Crippen molar-refractivity contribution in [2.24, 2.45) is 5.10 Å². The van der Waals surface area contributed by atoms with Gasteiger partial charge in [-0.1, -0.05) is 103 Å². The van der Waals surface area contributed by atoms with E-state index in [1.165, 1.54) is 12.3 Å². The smallest absolute Gasteiger partial charge is 0.213 e. The summed E-state index contributed by atoms with van der Waals surface area (Å²) in [6.45, 7) is 4.05. The van der Waals surface area contributed by atoms with Gasteiger partial charge in [-0.15, -0.1) is 0 Å². The minimum Gasteiger partial charge on any atom is -0.367 e. The summed E-state index contributed by atoms with van der Waals surface area (Å²) in [5.41, 5.74) is 4.88. The number of rotatable bonds is 7. The van der Waals surface area contributed by atoms with E-state index < -0.39 is 11.5 Å². The van der Waals surface area contributed by atoms with E-state index in [4.69, 9.17) is 9.84 Å². The van der Waals surface area contributed by atoms with Gasteiger partial charge in [0.15, 0.2) is 0 Å². The molecule has 0 N–H and O–H groups in total. The SMILES string of the molecule is CC(C)OC1C=CC2C(=C1)C(c1ccnc(F)c1)=NN2C(c1ccccc1)(c1ccccc1)c1ccccc1. The van der Waals surface area contributed by atoms with Crippen LogP contribution in [0.2, 0.25) is 0 Å². The lowest BCUT2D eigenvalue weighted by Crippen LogP contribution is -2.48. The number of ether oxygens (including phenoxy) is 1. The van der Waals surface area contributed by atoms with Crippen LogP contribution >= 0.6 is 0 Å². The molecule has 3 aromatic carbocycles. The van der Waals surface area contributed by atoms with Gasteiger partial charge in [-0.05, 0) is 42.7 Å². The second-order valence-corrected chi connectivity index (χ2v) is 10.1. The molecule has 2 aliphatic rings. The lowest BCUT2D eigenvalue weighted by atomic mass is 9.75. The molecule has 39 heavy (non-hydrogen) atoms. The first-order valence-electron chi connectivity index (χ1n) is 13.3. The van der Waals surface area contributed by atoms with Gasteiger partial charge in [0.2, 0.25) is 5.95 Å². The van der Waals surface area contributed by atoms with E-state index in [0.29, 0.717) is 5.56 Å². The Hall–Kier alpha value is -4.35. The highest BCUT2D eigenvalue weighted by molar-refractivity contribution is 6.15. The van der Waals surface area contributed by atoms with Crippen LogP contribution in [0.1, 0.15) is 36.1 Å². The van der Waals surface area contributed by atoms with Gasteiger partial charge < -0.3 is 4.74 Å². The Morgan fingerprint density at radius 2 is 1.36 bits per heavy atom. The number of hydrogen-bond donors (Lipinski definition) is 0. The van der Waals surface area contributed by atoms with E-state index >= 15 is 0 Å². The van der Waals surface area contributed by atoms with Gasteiger partial charge in [-0.3, -0.25) is 5.01 Å². The molecule has 2 atom stereocenters. The molecule has 6 rings (SSSR count). The van der Waals surface area contributed by atoms with Gasteiger partial charge in [-0.25, -0.2) is 4.98 Å². The maximum atomic E-state index is 14.4. The van der Waals surface area contributed by atoms with Crippen molar-refractivity contribution < 1.29 is 9.13 Å². The normalized spacial score (nSPS) is 18.6. The molecule has 5 heteroatoms. The predicted octanol–water partition coefficient (Wildman–Crippen LogP) is 6.89. The van der Waals surface area contributed by atoms with Crippen molar-refractivity contribution in [1.82, 2.24) is 9.99 Å². The molecule has 194 valence electrons. The van der Waals surface area contributed by atoms with E-state index in [1.54, 1.807) is 0 Å². The summed E-state index contributed by atoms with van der Waals surface area (Å²) in [6, 6.07) is 34.5. The van der Waals surface area contributed by atoms with Crippen LogP contribution in [-0.4, -0.2) is 34.0 Å². The highest BCUT2D eigenvalue weighted by atomic mass is 19.1. The van der Waals surface area contributed by atoms with Crippen LogP contribution in [0.25, 0.3) is 0 Å². The Balaban J connectivity index is 1.64. The maximum Gasteiger partial charge on any atom is 0.213 e. The third-order valence-corrected chi connectivity index (χ3v) is 7.24. The number of benzene rings is 3. The van der Waals surface area contributed by atoms with E-state index in [-0.39, 0.29) is 18.2 Å².